The second-order valence-corrected chi connectivity index (χ2v) is 7.72. The Morgan fingerprint density at radius 3 is 2.45 bits per heavy atom. The van der Waals surface area contributed by atoms with Crippen molar-refractivity contribution in [3.8, 4) is 0 Å². The summed E-state index contributed by atoms with van der Waals surface area (Å²) in [6, 6.07) is 14.3. The maximum absolute atomic E-state index is 12.3. The summed E-state index contributed by atoms with van der Waals surface area (Å²) in [4.78, 5) is 39.2. The Bertz CT molecular complexity index is 945. The third-order valence-electron chi connectivity index (χ3n) is 5.39. The zero-order chi connectivity index (χ0) is 22.4. The number of carboxylic acids is 1. The van der Waals surface area contributed by atoms with E-state index in [1.165, 1.54) is 6.92 Å². The maximum Gasteiger partial charge on any atom is 0.323 e. The number of hydrogen-bond donors (Lipinski definition) is 3. The summed E-state index contributed by atoms with van der Waals surface area (Å²) in [5, 5.41) is 14.5. The Labute approximate surface area is 181 Å². The lowest BCUT2D eigenvalue weighted by Gasteiger charge is -2.28. The lowest BCUT2D eigenvalue weighted by Crippen LogP contribution is -2.41. The molecule has 0 radical (unpaired) electrons. The van der Waals surface area contributed by atoms with Crippen LogP contribution in [0.5, 0.6) is 0 Å². The lowest BCUT2D eigenvalue weighted by molar-refractivity contribution is -0.137. The molecule has 1 aliphatic rings. The summed E-state index contributed by atoms with van der Waals surface area (Å²) < 4.78 is 0. The molecule has 2 aromatic rings. The van der Waals surface area contributed by atoms with Gasteiger partial charge < -0.3 is 25.5 Å². The molecule has 31 heavy (non-hydrogen) atoms. The molecule has 0 spiro atoms. The minimum Gasteiger partial charge on any atom is -0.481 e. The predicted molar refractivity (Wildman–Crippen MR) is 121 cm³/mol. The second-order valence-electron chi connectivity index (χ2n) is 7.72. The molecular weight excluding hydrogens is 396 g/mol. The van der Waals surface area contributed by atoms with E-state index in [0.717, 1.165) is 29.9 Å². The third kappa shape index (κ3) is 6.05. The standard InChI is InChI=1S/C23H28N4O4/c1-16-5-3-4-6-21(16)25-23(31)24-18-7-9-19(10-8-18)27(17(2)28)20-11-13-26(15-20)14-12-22(29)30/h3-10,20H,11-15H2,1-2H3,(H,29,30)(H2,24,25,31). The average Bonchev–Trinajstić information content (AvgIpc) is 3.18. The van der Waals surface area contributed by atoms with E-state index in [-0.39, 0.29) is 24.4 Å². The van der Waals surface area contributed by atoms with Gasteiger partial charge in [-0.2, -0.15) is 0 Å². The monoisotopic (exact) mass is 424 g/mol. The first-order valence-corrected chi connectivity index (χ1v) is 10.3. The number of aliphatic carboxylic acids is 1. The van der Waals surface area contributed by atoms with E-state index < -0.39 is 5.97 Å². The zero-order valence-corrected chi connectivity index (χ0v) is 17.8. The highest BCUT2D eigenvalue weighted by Crippen LogP contribution is 2.25. The molecule has 8 heteroatoms. The number of carbonyl (C=O) groups is 3. The molecule has 3 rings (SSSR count). The minimum atomic E-state index is -0.818. The summed E-state index contributed by atoms with van der Waals surface area (Å²) in [5.74, 6) is -0.885. The first-order valence-electron chi connectivity index (χ1n) is 10.3. The Morgan fingerprint density at radius 2 is 1.81 bits per heavy atom. The van der Waals surface area contributed by atoms with Crippen LogP contribution in [0.3, 0.4) is 0 Å². The van der Waals surface area contributed by atoms with Crippen LogP contribution in [-0.2, 0) is 9.59 Å². The van der Waals surface area contributed by atoms with Crippen molar-refractivity contribution >= 4 is 35.0 Å². The van der Waals surface area contributed by atoms with Gasteiger partial charge in [-0.15, -0.1) is 0 Å². The molecule has 0 saturated carbocycles. The molecule has 0 aromatic heterocycles. The van der Waals surface area contributed by atoms with E-state index in [2.05, 4.69) is 15.5 Å². The van der Waals surface area contributed by atoms with Gasteiger partial charge >= 0.3 is 12.0 Å². The Kier molecular flexibility index (Phi) is 7.25. The van der Waals surface area contributed by atoms with Crippen molar-refractivity contribution in [1.29, 1.82) is 0 Å². The molecule has 0 bridgehead atoms. The van der Waals surface area contributed by atoms with Gasteiger partial charge in [0.2, 0.25) is 5.91 Å². The van der Waals surface area contributed by atoms with Crippen molar-refractivity contribution in [2.45, 2.75) is 32.7 Å². The summed E-state index contributed by atoms with van der Waals surface area (Å²) in [7, 11) is 0. The van der Waals surface area contributed by atoms with E-state index >= 15 is 0 Å². The van der Waals surface area contributed by atoms with Gasteiger partial charge in [-0.25, -0.2) is 4.79 Å². The number of urea groups is 1. The molecule has 0 aliphatic carbocycles. The molecule has 1 saturated heterocycles. The van der Waals surface area contributed by atoms with Gasteiger partial charge in [-0.1, -0.05) is 18.2 Å². The van der Waals surface area contributed by atoms with Crippen molar-refractivity contribution in [1.82, 2.24) is 4.90 Å². The molecule has 2 aromatic carbocycles. The van der Waals surface area contributed by atoms with Gasteiger partial charge in [0, 0.05) is 43.6 Å². The molecule has 1 fully saturated rings. The summed E-state index contributed by atoms with van der Waals surface area (Å²) in [6.07, 6.45) is 0.885. The molecular formula is C23H28N4O4. The fourth-order valence-electron chi connectivity index (χ4n) is 3.83. The van der Waals surface area contributed by atoms with Crippen LogP contribution in [0.15, 0.2) is 48.5 Å². The highest BCUT2D eigenvalue weighted by atomic mass is 16.4. The van der Waals surface area contributed by atoms with Crippen LogP contribution in [0, 0.1) is 6.92 Å². The van der Waals surface area contributed by atoms with E-state index in [1.807, 2.05) is 43.3 Å². The van der Waals surface area contributed by atoms with Crippen LogP contribution >= 0.6 is 0 Å². The summed E-state index contributed by atoms with van der Waals surface area (Å²) >= 11 is 0. The quantitative estimate of drug-likeness (QED) is 0.631. The molecule has 8 nitrogen and oxygen atoms in total. The Hall–Kier alpha value is -3.39. The van der Waals surface area contributed by atoms with E-state index in [0.29, 0.717) is 18.8 Å². The zero-order valence-electron chi connectivity index (χ0n) is 17.8. The van der Waals surface area contributed by atoms with Gasteiger partial charge in [0.05, 0.1) is 12.5 Å². The molecule has 3 amide bonds. The van der Waals surface area contributed by atoms with Gasteiger partial charge in [-0.3, -0.25) is 9.59 Å². The molecule has 1 heterocycles. The number of rotatable bonds is 7. The molecule has 1 unspecified atom stereocenters. The van der Waals surface area contributed by atoms with Crippen LogP contribution in [0.2, 0.25) is 0 Å². The smallest absolute Gasteiger partial charge is 0.323 e. The van der Waals surface area contributed by atoms with E-state index in [1.54, 1.807) is 17.0 Å². The number of hydrogen-bond acceptors (Lipinski definition) is 4. The topological polar surface area (TPSA) is 102 Å². The number of likely N-dealkylation sites (tertiary alicyclic amines) is 1. The highest BCUT2D eigenvalue weighted by molar-refractivity contribution is 6.00. The van der Waals surface area contributed by atoms with Crippen LogP contribution in [0.1, 0.15) is 25.3 Å². The minimum absolute atomic E-state index is 0.00513. The molecule has 1 atom stereocenters. The normalized spacial score (nSPS) is 16.0. The maximum atomic E-state index is 12.3. The van der Waals surface area contributed by atoms with E-state index in [9.17, 15) is 14.4 Å². The molecule has 1 aliphatic heterocycles. The van der Waals surface area contributed by atoms with Crippen LogP contribution in [0.4, 0.5) is 21.9 Å². The number of nitrogens with zero attached hydrogens (tertiary/aromatic N) is 2. The Balaban J connectivity index is 1.62. The third-order valence-corrected chi connectivity index (χ3v) is 5.39. The van der Waals surface area contributed by atoms with Crippen LogP contribution in [-0.4, -0.2) is 53.6 Å². The van der Waals surface area contributed by atoms with Crippen molar-refractivity contribution in [2.75, 3.05) is 35.2 Å². The number of benzene rings is 2. The van der Waals surface area contributed by atoms with Crippen molar-refractivity contribution < 1.29 is 19.5 Å². The average molecular weight is 425 g/mol. The van der Waals surface area contributed by atoms with Crippen molar-refractivity contribution in [3.05, 3.63) is 54.1 Å². The Morgan fingerprint density at radius 1 is 1.10 bits per heavy atom. The summed E-state index contributed by atoms with van der Waals surface area (Å²) in [5.41, 5.74) is 3.09. The number of aryl methyl sites for hydroxylation is 1. The molecule has 164 valence electrons. The second kappa shape index (κ2) is 10.1. The fourth-order valence-corrected chi connectivity index (χ4v) is 3.83. The first kappa shape index (κ1) is 22.3. The van der Waals surface area contributed by atoms with Gasteiger partial charge in [0.15, 0.2) is 0 Å². The lowest BCUT2D eigenvalue weighted by atomic mass is 10.1. The largest absolute Gasteiger partial charge is 0.481 e. The highest BCUT2D eigenvalue weighted by Gasteiger charge is 2.30. The van der Waals surface area contributed by atoms with Crippen molar-refractivity contribution in [3.63, 3.8) is 0 Å². The van der Waals surface area contributed by atoms with E-state index in [4.69, 9.17) is 5.11 Å². The number of amides is 3. The molecule has 3 N–H and O–H groups in total. The number of para-hydroxylation sites is 1. The number of carbonyl (C=O) groups excluding carboxylic acids is 2. The SMILES string of the molecule is CC(=O)N(c1ccc(NC(=O)Nc2ccccc2C)cc1)C1CCN(CCC(=O)O)C1. The first-order chi connectivity index (χ1) is 14.8. The fraction of sp³-hybridized carbons (Fsp3) is 0.348. The predicted octanol–water partition coefficient (Wildman–Crippen LogP) is 3.54. The van der Waals surface area contributed by atoms with Crippen molar-refractivity contribution in [2.24, 2.45) is 0 Å². The van der Waals surface area contributed by atoms with Gasteiger partial charge in [0.25, 0.3) is 0 Å². The number of nitrogens with one attached hydrogen (secondary N) is 2. The van der Waals surface area contributed by atoms with Gasteiger partial charge in [0.1, 0.15) is 0 Å². The van der Waals surface area contributed by atoms with Crippen LogP contribution in [0.25, 0.3) is 0 Å². The van der Waals surface area contributed by atoms with Crippen LogP contribution < -0.4 is 15.5 Å². The number of anilines is 3. The van der Waals surface area contributed by atoms with Gasteiger partial charge in [-0.05, 0) is 49.2 Å². The summed E-state index contributed by atoms with van der Waals surface area (Å²) in [6.45, 7) is 5.34. The number of carboxylic acid groups (broad SMARTS) is 1.